The second kappa shape index (κ2) is 9.45. The summed E-state index contributed by atoms with van der Waals surface area (Å²) in [6.07, 6.45) is -0.983. The molecule has 6 nitrogen and oxygen atoms in total. The number of aromatic hydroxyl groups is 1. The lowest BCUT2D eigenvalue weighted by molar-refractivity contribution is -0.123. The SMILES string of the molecule is CC(OC(=O)c1ccc(-c2ccc(O)cc2)cc1)C(=O)Nc1nc(-c2ccccc2)cs1. The van der Waals surface area contributed by atoms with Crippen molar-refractivity contribution in [1.82, 2.24) is 4.98 Å². The number of ether oxygens (including phenoxy) is 1. The van der Waals surface area contributed by atoms with E-state index in [1.807, 2.05) is 35.7 Å². The lowest BCUT2D eigenvalue weighted by atomic mass is 10.0. The lowest BCUT2D eigenvalue weighted by Crippen LogP contribution is -2.29. The number of hydrogen-bond acceptors (Lipinski definition) is 6. The van der Waals surface area contributed by atoms with Crippen molar-refractivity contribution in [3.8, 4) is 28.1 Å². The van der Waals surface area contributed by atoms with E-state index >= 15 is 0 Å². The number of carbonyl (C=O) groups is 2. The van der Waals surface area contributed by atoms with Gasteiger partial charge in [-0.3, -0.25) is 10.1 Å². The van der Waals surface area contributed by atoms with Gasteiger partial charge in [-0.25, -0.2) is 9.78 Å². The van der Waals surface area contributed by atoms with Gasteiger partial charge in [-0.15, -0.1) is 11.3 Å². The van der Waals surface area contributed by atoms with Crippen LogP contribution in [0.2, 0.25) is 0 Å². The molecule has 0 aliphatic carbocycles. The summed E-state index contributed by atoms with van der Waals surface area (Å²) in [5.74, 6) is -0.850. The van der Waals surface area contributed by atoms with Crippen LogP contribution in [0.3, 0.4) is 0 Å². The number of amides is 1. The number of hydrogen-bond donors (Lipinski definition) is 2. The van der Waals surface area contributed by atoms with Gasteiger partial charge in [0.15, 0.2) is 11.2 Å². The minimum absolute atomic E-state index is 0.190. The van der Waals surface area contributed by atoms with Crippen LogP contribution >= 0.6 is 11.3 Å². The first-order valence-corrected chi connectivity index (χ1v) is 10.8. The summed E-state index contributed by atoms with van der Waals surface area (Å²) in [6.45, 7) is 1.52. The maximum absolute atomic E-state index is 12.4. The summed E-state index contributed by atoms with van der Waals surface area (Å²) in [6, 6.07) is 23.3. The van der Waals surface area contributed by atoms with Gasteiger partial charge in [0.1, 0.15) is 5.75 Å². The van der Waals surface area contributed by atoms with Crippen molar-refractivity contribution >= 4 is 28.3 Å². The second-order valence-electron chi connectivity index (χ2n) is 7.06. The second-order valence-corrected chi connectivity index (χ2v) is 7.92. The monoisotopic (exact) mass is 444 g/mol. The molecule has 4 aromatic rings. The Hall–Kier alpha value is -3.97. The van der Waals surface area contributed by atoms with Crippen LogP contribution in [-0.2, 0) is 9.53 Å². The predicted molar refractivity (Wildman–Crippen MR) is 125 cm³/mol. The number of carbonyl (C=O) groups excluding carboxylic acids is 2. The van der Waals surface area contributed by atoms with E-state index in [0.29, 0.717) is 10.7 Å². The summed E-state index contributed by atoms with van der Waals surface area (Å²) in [7, 11) is 0. The quantitative estimate of drug-likeness (QED) is 0.391. The average Bonchev–Trinajstić information content (AvgIpc) is 3.28. The third kappa shape index (κ3) is 5.01. The predicted octanol–water partition coefficient (Wildman–Crippen LogP) is 5.37. The summed E-state index contributed by atoms with van der Waals surface area (Å²) in [5.41, 5.74) is 3.87. The third-order valence-corrected chi connectivity index (χ3v) is 5.54. The van der Waals surface area contributed by atoms with Gasteiger partial charge in [-0.1, -0.05) is 54.6 Å². The van der Waals surface area contributed by atoms with Crippen LogP contribution in [0.4, 0.5) is 5.13 Å². The smallest absolute Gasteiger partial charge is 0.338 e. The van der Waals surface area contributed by atoms with E-state index in [4.69, 9.17) is 4.74 Å². The summed E-state index contributed by atoms with van der Waals surface area (Å²) >= 11 is 1.31. The Labute approximate surface area is 189 Å². The van der Waals surface area contributed by atoms with E-state index in [1.54, 1.807) is 48.5 Å². The van der Waals surface area contributed by atoms with Gasteiger partial charge in [0.05, 0.1) is 11.3 Å². The number of anilines is 1. The molecule has 0 aliphatic heterocycles. The molecule has 1 heterocycles. The largest absolute Gasteiger partial charge is 0.508 e. The number of thiazole rings is 1. The van der Waals surface area contributed by atoms with Crippen molar-refractivity contribution in [2.24, 2.45) is 0 Å². The highest BCUT2D eigenvalue weighted by Gasteiger charge is 2.20. The van der Waals surface area contributed by atoms with Crippen molar-refractivity contribution in [1.29, 1.82) is 0 Å². The fourth-order valence-corrected chi connectivity index (χ4v) is 3.74. The number of benzene rings is 3. The molecule has 0 saturated carbocycles. The van der Waals surface area contributed by atoms with Crippen LogP contribution in [0, 0.1) is 0 Å². The van der Waals surface area contributed by atoms with Gasteiger partial charge >= 0.3 is 5.97 Å². The fraction of sp³-hybridized carbons (Fsp3) is 0.0800. The highest BCUT2D eigenvalue weighted by molar-refractivity contribution is 7.14. The van der Waals surface area contributed by atoms with Gasteiger partial charge < -0.3 is 9.84 Å². The number of nitrogens with zero attached hydrogens (tertiary/aromatic N) is 1. The number of phenolic OH excluding ortho intramolecular Hbond substituents is 1. The number of esters is 1. The lowest BCUT2D eigenvalue weighted by Gasteiger charge is -2.12. The van der Waals surface area contributed by atoms with Crippen molar-refractivity contribution in [3.63, 3.8) is 0 Å². The normalized spacial score (nSPS) is 11.5. The van der Waals surface area contributed by atoms with Crippen molar-refractivity contribution in [2.75, 3.05) is 5.32 Å². The Morgan fingerprint density at radius 2 is 1.53 bits per heavy atom. The molecule has 0 radical (unpaired) electrons. The number of phenols is 1. The minimum atomic E-state index is -0.983. The molecule has 32 heavy (non-hydrogen) atoms. The third-order valence-electron chi connectivity index (χ3n) is 4.78. The Balaban J connectivity index is 1.35. The fourth-order valence-electron chi connectivity index (χ4n) is 3.01. The van der Waals surface area contributed by atoms with E-state index in [-0.39, 0.29) is 5.75 Å². The number of aromatic nitrogens is 1. The molecule has 2 N–H and O–H groups in total. The molecule has 160 valence electrons. The van der Waals surface area contributed by atoms with Crippen LogP contribution in [0.1, 0.15) is 17.3 Å². The Kier molecular flexibility index (Phi) is 6.28. The summed E-state index contributed by atoms with van der Waals surface area (Å²) < 4.78 is 5.32. The molecule has 3 aromatic carbocycles. The van der Waals surface area contributed by atoms with E-state index in [9.17, 15) is 14.7 Å². The van der Waals surface area contributed by atoms with Crippen LogP contribution in [0.15, 0.2) is 84.2 Å². The van der Waals surface area contributed by atoms with Crippen LogP contribution in [0.25, 0.3) is 22.4 Å². The molecule has 1 atom stereocenters. The zero-order valence-corrected chi connectivity index (χ0v) is 18.0. The van der Waals surface area contributed by atoms with Gasteiger partial charge in [-0.2, -0.15) is 0 Å². The van der Waals surface area contributed by atoms with Crippen molar-refractivity contribution in [2.45, 2.75) is 13.0 Å². The first kappa shape index (κ1) is 21.3. The van der Waals surface area contributed by atoms with E-state index in [0.717, 1.165) is 22.4 Å². The Bertz CT molecular complexity index is 1220. The average molecular weight is 445 g/mol. The first-order valence-electron chi connectivity index (χ1n) is 9.92. The Morgan fingerprint density at radius 3 is 2.19 bits per heavy atom. The summed E-state index contributed by atoms with van der Waals surface area (Å²) in [5, 5.41) is 14.4. The first-order chi connectivity index (χ1) is 15.5. The molecule has 0 saturated heterocycles. The van der Waals surface area contributed by atoms with Gasteiger partial charge in [0, 0.05) is 10.9 Å². The van der Waals surface area contributed by atoms with E-state index in [1.165, 1.54) is 18.3 Å². The molecule has 0 bridgehead atoms. The van der Waals surface area contributed by atoms with Crippen LogP contribution < -0.4 is 5.32 Å². The topological polar surface area (TPSA) is 88.5 Å². The van der Waals surface area contributed by atoms with Crippen molar-refractivity contribution < 1.29 is 19.4 Å². The highest BCUT2D eigenvalue weighted by atomic mass is 32.1. The van der Waals surface area contributed by atoms with Crippen LogP contribution in [0.5, 0.6) is 5.75 Å². The molecule has 1 unspecified atom stereocenters. The molecule has 0 spiro atoms. The van der Waals surface area contributed by atoms with Gasteiger partial charge in [0.25, 0.3) is 5.91 Å². The molecule has 4 rings (SSSR count). The zero-order chi connectivity index (χ0) is 22.5. The van der Waals surface area contributed by atoms with Gasteiger partial charge in [-0.05, 0) is 42.3 Å². The molecule has 0 aliphatic rings. The molecule has 0 fully saturated rings. The number of nitrogens with one attached hydrogen (secondary N) is 1. The molecular formula is C25H20N2O4S. The maximum atomic E-state index is 12.4. The van der Waals surface area contributed by atoms with E-state index < -0.39 is 18.0 Å². The molecule has 1 amide bonds. The van der Waals surface area contributed by atoms with E-state index in [2.05, 4.69) is 10.3 Å². The summed E-state index contributed by atoms with van der Waals surface area (Å²) in [4.78, 5) is 29.3. The maximum Gasteiger partial charge on any atom is 0.338 e. The van der Waals surface area contributed by atoms with Gasteiger partial charge in [0.2, 0.25) is 0 Å². The highest BCUT2D eigenvalue weighted by Crippen LogP contribution is 2.25. The van der Waals surface area contributed by atoms with Crippen LogP contribution in [-0.4, -0.2) is 28.1 Å². The Morgan fingerprint density at radius 1 is 0.906 bits per heavy atom. The number of rotatable bonds is 6. The molecular weight excluding hydrogens is 424 g/mol. The zero-order valence-electron chi connectivity index (χ0n) is 17.2. The minimum Gasteiger partial charge on any atom is -0.508 e. The molecule has 1 aromatic heterocycles. The van der Waals surface area contributed by atoms with Crippen molar-refractivity contribution in [3.05, 3.63) is 89.8 Å². The standard InChI is InChI=1S/C25H20N2O4S/c1-16(23(29)27-25-26-22(15-32-25)19-5-3-2-4-6-19)31-24(30)20-9-7-17(8-10-20)18-11-13-21(28)14-12-18/h2-16,28H,1H3,(H,26,27,29). The molecule has 7 heteroatoms.